The third-order valence-electron chi connectivity index (χ3n) is 4.79. The van der Waals surface area contributed by atoms with E-state index in [4.69, 9.17) is 0 Å². The highest BCUT2D eigenvalue weighted by atomic mass is 16.3. The number of aliphatic hydroxyl groups is 1. The number of nitrogens with one attached hydrogen (secondary N) is 1. The number of urea groups is 1. The lowest BCUT2D eigenvalue weighted by molar-refractivity contribution is 0.152. The lowest BCUT2D eigenvalue weighted by atomic mass is 10.1. The molecule has 0 aliphatic carbocycles. The highest BCUT2D eigenvalue weighted by Crippen LogP contribution is 2.19. The molecule has 1 aromatic heterocycles. The second kappa shape index (κ2) is 7.67. The molecule has 142 valence electrons. The molecule has 7 nitrogen and oxygen atoms in total. The van der Waals surface area contributed by atoms with Gasteiger partial charge in [-0.25, -0.2) is 9.59 Å². The van der Waals surface area contributed by atoms with Gasteiger partial charge in [0.15, 0.2) is 0 Å². The van der Waals surface area contributed by atoms with Gasteiger partial charge in [0.05, 0.1) is 17.1 Å². The number of rotatable bonds is 5. The maximum Gasteiger partial charge on any atom is 0.328 e. The van der Waals surface area contributed by atoms with Gasteiger partial charge in [-0.1, -0.05) is 30.3 Å². The Bertz CT molecular complexity index is 1010. The van der Waals surface area contributed by atoms with E-state index in [2.05, 4.69) is 5.32 Å². The van der Waals surface area contributed by atoms with Crippen molar-refractivity contribution in [2.75, 3.05) is 18.9 Å². The number of benzene rings is 2. The van der Waals surface area contributed by atoms with E-state index in [-0.39, 0.29) is 11.7 Å². The molecule has 0 radical (unpaired) electrons. The van der Waals surface area contributed by atoms with E-state index in [1.165, 1.54) is 4.90 Å². The second-order valence-corrected chi connectivity index (χ2v) is 6.67. The summed E-state index contributed by atoms with van der Waals surface area (Å²) >= 11 is 0. The number of aryl methyl sites for hydroxylation is 2. The van der Waals surface area contributed by atoms with Crippen LogP contribution in [-0.4, -0.2) is 38.8 Å². The van der Waals surface area contributed by atoms with Gasteiger partial charge in [0.1, 0.15) is 0 Å². The number of carbonyl (C=O) groups excluding carboxylic acids is 1. The van der Waals surface area contributed by atoms with Gasteiger partial charge in [0.2, 0.25) is 0 Å². The first-order valence-corrected chi connectivity index (χ1v) is 8.79. The summed E-state index contributed by atoms with van der Waals surface area (Å²) in [6.07, 6.45) is -0.170. The summed E-state index contributed by atoms with van der Waals surface area (Å²) in [5.41, 5.74) is 2.90. The van der Waals surface area contributed by atoms with Gasteiger partial charge < -0.3 is 15.3 Å². The van der Waals surface area contributed by atoms with Crippen LogP contribution in [0.3, 0.4) is 0 Å². The molecule has 7 heteroatoms. The monoisotopic (exact) mass is 368 g/mol. The zero-order valence-corrected chi connectivity index (χ0v) is 15.7. The molecule has 0 bridgehead atoms. The Morgan fingerprint density at radius 3 is 2.48 bits per heavy atom. The zero-order valence-electron chi connectivity index (χ0n) is 15.7. The topological polar surface area (TPSA) is 79.5 Å². The SMILES string of the molecule is CN(CC[C@H](O)c1ccccc1)C(=O)Nc1ccc2c(c1)n(C)c(=O)n2C. The molecule has 1 heterocycles. The van der Waals surface area contributed by atoms with Crippen LogP contribution < -0.4 is 11.0 Å². The molecule has 1 atom stereocenters. The summed E-state index contributed by atoms with van der Waals surface area (Å²) in [5.74, 6) is 0. The number of carbonyl (C=O) groups is 1. The van der Waals surface area contributed by atoms with Crippen LogP contribution in [0, 0.1) is 0 Å². The first kappa shape index (κ1) is 18.7. The highest BCUT2D eigenvalue weighted by molar-refractivity contribution is 5.92. The normalized spacial score (nSPS) is 12.1. The molecule has 2 amide bonds. The van der Waals surface area contributed by atoms with Gasteiger partial charge in [0.25, 0.3) is 0 Å². The second-order valence-electron chi connectivity index (χ2n) is 6.67. The van der Waals surface area contributed by atoms with E-state index in [1.807, 2.05) is 36.4 Å². The Balaban J connectivity index is 1.63. The molecule has 3 rings (SSSR count). The fourth-order valence-corrected chi connectivity index (χ4v) is 3.06. The number of hydrogen-bond donors (Lipinski definition) is 2. The van der Waals surface area contributed by atoms with Crippen molar-refractivity contribution in [3.05, 3.63) is 64.6 Å². The number of nitrogens with zero attached hydrogens (tertiary/aromatic N) is 3. The molecular weight excluding hydrogens is 344 g/mol. The lowest BCUT2D eigenvalue weighted by Crippen LogP contribution is -2.32. The van der Waals surface area contributed by atoms with Crippen LogP contribution in [0.5, 0.6) is 0 Å². The summed E-state index contributed by atoms with van der Waals surface area (Å²) in [6.45, 7) is 0.411. The fraction of sp³-hybridized carbons (Fsp3) is 0.300. The van der Waals surface area contributed by atoms with Crippen molar-refractivity contribution in [2.24, 2.45) is 14.1 Å². The van der Waals surface area contributed by atoms with Crippen molar-refractivity contribution in [1.82, 2.24) is 14.0 Å². The van der Waals surface area contributed by atoms with Crippen LogP contribution >= 0.6 is 0 Å². The predicted molar refractivity (Wildman–Crippen MR) is 106 cm³/mol. The van der Waals surface area contributed by atoms with Crippen molar-refractivity contribution in [1.29, 1.82) is 0 Å². The smallest absolute Gasteiger partial charge is 0.328 e. The minimum Gasteiger partial charge on any atom is -0.388 e. The molecule has 0 spiro atoms. The predicted octanol–water partition coefficient (Wildman–Crippen LogP) is 2.46. The minimum absolute atomic E-state index is 0.111. The van der Waals surface area contributed by atoms with E-state index in [9.17, 15) is 14.7 Å². The van der Waals surface area contributed by atoms with E-state index in [0.717, 1.165) is 16.6 Å². The van der Waals surface area contributed by atoms with E-state index >= 15 is 0 Å². The number of anilines is 1. The minimum atomic E-state index is -0.614. The van der Waals surface area contributed by atoms with E-state index in [0.29, 0.717) is 18.7 Å². The molecule has 27 heavy (non-hydrogen) atoms. The Morgan fingerprint density at radius 2 is 1.78 bits per heavy atom. The molecule has 0 aliphatic rings. The Labute approximate surface area is 157 Å². The Hall–Kier alpha value is -3.06. The van der Waals surface area contributed by atoms with Crippen LogP contribution in [0.1, 0.15) is 18.1 Å². The standard InChI is InChI=1S/C20H24N4O3/c1-22(12-11-18(25)14-7-5-4-6-8-14)19(26)21-15-9-10-16-17(13-15)24(3)20(27)23(16)2/h4-10,13,18,25H,11-12H2,1-3H3,(H,21,26)/t18-/m0/s1. The molecule has 0 unspecified atom stereocenters. The molecule has 0 saturated heterocycles. The van der Waals surface area contributed by atoms with Crippen molar-refractivity contribution < 1.29 is 9.90 Å². The van der Waals surface area contributed by atoms with Crippen molar-refractivity contribution in [3.8, 4) is 0 Å². The van der Waals surface area contributed by atoms with Crippen LogP contribution in [0.25, 0.3) is 11.0 Å². The number of amides is 2. The first-order chi connectivity index (χ1) is 12.9. The zero-order chi connectivity index (χ0) is 19.6. The maximum absolute atomic E-state index is 12.4. The molecule has 0 aliphatic heterocycles. The van der Waals surface area contributed by atoms with Crippen LogP contribution in [0.15, 0.2) is 53.3 Å². The first-order valence-electron chi connectivity index (χ1n) is 8.79. The van der Waals surface area contributed by atoms with Crippen molar-refractivity contribution >= 4 is 22.8 Å². The van der Waals surface area contributed by atoms with Gasteiger partial charge in [-0.15, -0.1) is 0 Å². The van der Waals surface area contributed by atoms with Gasteiger partial charge in [-0.2, -0.15) is 0 Å². The average Bonchev–Trinajstić information content (AvgIpc) is 2.90. The quantitative estimate of drug-likeness (QED) is 0.726. The molecule has 0 saturated carbocycles. The summed E-state index contributed by atoms with van der Waals surface area (Å²) in [6, 6.07) is 14.5. The van der Waals surface area contributed by atoms with Crippen molar-refractivity contribution in [3.63, 3.8) is 0 Å². The third kappa shape index (κ3) is 3.88. The van der Waals surface area contributed by atoms with Gasteiger partial charge in [-0.05, 0) is 30.2 Å². The molecule has 2 N–H and O–H groups in total. The highest BCUT2D eigenvalue weighted by Gasteiger charge is 2.14. The third-order valence-corrected chi connectivity index (χ3v) is 4.79. The maximum atomic E-state index is 12.4. The average molecular weight is 368 g/mol. The number of hydrogen-bond acceptors (Lipinski definition) is 3. The Morgan fingerprint density at radius 1 is 1.11 bits per heavy atom. The summed E-state index contributed by atoms with van der Waals surface area (Å²) in [4.78, 5) is 25.9. The van der Waals surface area contributed by atoms with Crippen LogP contribution in [0.2, 0.25) is 0 Å². The number of imidazole rings is 1. The number of fused-ring (bicyclic) bond motifs is 1. The molecule has 3 aromatic rings. The summed E-state index contributed by atoms with van der Waals surface area (Å²) < 4.78 is 3.11. The largest absolute Gasteiger partial charge is 0.388 e. The van der Waals surface area contributed by atoms with Gasteiger partial charge >= 0.3 is 11.7 Å². The van der Waals surface area contributed by atoms with Crippen LogP contribution in [-0.2, 0) is 14.1 Å². The number of aliphatic hydroxyl groups excluding tert-OH is 1. The van der Waals surface area contributed by atoms with E-state index in [1.54, 1.807) is 42.4 Å². The van der Waals surface area contributed by atoms with Crippen LogP contribution in [0.4, 0.5) is 10.5 Å². The molecule has 2 aromatic carbocycles. The van der Waals surface area contributed by atoms with Gasteiger partial charge in [0, 0.05) is 33.4 Å². The van der Waals surface area contributed by atoms with Gasteiger partial charge in [-0.3, -0.25) is 9.13 Å². The summed E-state index contributed by atoms with van der Waals surface area (Å²) in [5, 5.41) is 13.1. The van der Waals surface area contributed by atoms with Crippen molar-refractivity contribution in [2.45, 2.75) is 12.5 Å². The summed E-state index contributed by atoms with van der Waals surface area (Å²) in [7, 11) is 5.10. The molecular formula is C20H24N4O3. The Kier molecular flexibility index (Phi) is 5.32. The molecule has 0 fully saturated rings. The number of aromatic nitrogens is 2. The fourth-order valence-electron chi connectivity index (χ4n) is 3.06. The lowest BCUT2D eigenvalue weighted by Gasteiger charge is -2.20. The van der Waals surface area contributed by atoms with E-state index < -0.39 is 6.10 Å².